The minimum absolute atomic E-state index is 0.00494. The summed E-state index contributed by atoms with van der Waals surface area (Å²) in [4.78, 5) is 25.6. The van der Waals surface area contributed by atoms with E-state index >= 15 is 0 Å². The van der Waals surface area contributed by atoms with Crippen LogP contribution < -0.4 is 25.2 Å². The van der Waals surface area contributed by atoms with E-state index in [2.05, 4.69) is 14.9 Å². The van der Waals surface area contributed by atoms with Gasteiger partial charge < -0.3 is 25.4 Å². The number of ether oxygens (including phenoxy) is 2. The van der Waals surface area contributed by atoms with Gasteiger partial charge in [0.25, 0.3) is 0 Å². The van der Waals surface area contributed by atoms with E-state index in [9.17, 15) is 18.0 Å². The van der Waals surface area contributed by atoms with Crippen LogP contribution in [0.1, 0.15) is 32.1 Å². The Kier molecular flexibility index (Phi) is 8.71. The third-order valence-electron chi connectivity index (χ3n) is 5.55. The van der Waals surface area contributed by atoms with Crippen molar-refractivity contribution in [3.63, 3.8) is 0 Å². The fraction of sp³-hybridized carbons (Fsp3) is 0.619. The number of nitrogens with two attached hydrogens (primary N) is 1. The Balaban J connectivity index is 1.35. The number of benzene rings is 1. The summed E-state index contributed by atoms with van der Waals surface area (Å²) in [7, 11) is -3.76. The van der Waals surface area contributed by atoms with Gasteiger partial charge in [-0.15, -0.1) is 0 Å². The number of fused-ring (bicyclic) bond motifs is 1. The molecule has 1 aromatic carbocycles. The van der Waals surface area contributed by atoms with Crippen molar-refractivity contribution < 1.29 is 27.5 Å². The highest BCUT2D eigenvalue weighted by Crippen LogP contribution is 2.31. The number of piperidine rings is 1. The van der Waals surface area contributed by atoms with E-state index in [1.54, 1.807) is 6.07 Å². The predicted molar refractivity (Wildman–Crippen MR) is 118 cm³/mol. The molecule has 2 aliphatic heterocycles. The van der Waals surface area contributed by atoms with Crippen molar-refractivity contribution in [2.24, 2.45) is 11.7 Å². The van der Waals surface area contributed by atoms with Crippen LogP contribution in [0.4, 0.5) is 0 Å². The van der Waals surface area contributed by atoms with E-state index in [0.717, 1.165) is 38.8 Å². The molecular weight excluding hydrogens is 436 g/mol. The molecule has 1 unspecified atom stereocenters. The maximum Gasteiger partial charge on any atom is 0.240 e. The number of nitrogens with one attached hydrogen (secondary N) is 2. The topological polar surface area (TPSA) is 140 Å². The van der Waals surface area contributed by atoms with Crippen LogP contribution in [-0.2, 0) is 19.6 Å². The van der Waals surface area contributed by atoms with Crippen LogP contribution in [0.5, 0.6) is 11.5 Å². The number of amides is 2. The quantitative estimate of drug-likeness (QED) is 0.417. The Labute approximate surface area is 188 Å². The standard InChI is InChI=1S/C21H32N4O6S/c22-21(27)16-4-1-10-25(15-16)11-2-8-23-20(26)7-9-24-32(28,29)17-5-6-18-19(14-17)31-13-3-12-30-18/h5-6,14,16,24H,1-4,7-13,15H2,(H2,22,27)(H,23,26). The SMILES string of the molecule is NC(=O)C1CCCN(CCCNC(=O)CCNS(=O)(=O)c2ccc3c(c2)OCCCO3)C1. The summed E-state index contributed by atoms with van der Waals surface area (Å²) in [6, 6.07) is 4.47. The molecule has 0 aromatic heterocycles. The average molecular weight is 469 g/mol. The van der Waals surface area contributed by atoms with Crippen LogP contribution in [0.15, 0.2) is 23.1 Å². The van der Waals surface area contributed by atoms with Gasteiger partial charge in [0.2, 0.25) is 21.8 Å². The van der Waals surface area contributed by atoms with Gasteiger partial charge >= 0.3 is 0 Å². The number of rotatable bonds is 10. The summed E-state index contributed by atoms with van der Waals surface area (Å²) in [5.74, 6) is 0.358. The second-order valence-electron chi connectivity index (χ2n) is 8.05. The number of hydrogen-bond donors (Lipinski definition) is 3. The number of carbonyl (C=O) groups is 2. The van der Waals surface area contributed by atoms with Crippen LogP contribution in [0.2, 0.25) is 0 Å². The summed E-state index contributed by atoms with van der Waals surface area (Å²) in [5, 5.41) is 2.80. The first-order valence-electron chi connectivity index (χ1n) is 11.0. The maximum absolute atomic E-state index is 12.5. The van der Waals surface area contributed by atoms with Crippen LogP contribution in [0.3, 0.4) is 0 Å². The van der Waals surface area contributed by atoms with Gasteiger partial charge in [-0.25, -0.2) is 13.1 Å². The molecule has 2 amide bonds. The maximum atomic E-state index is 12.5. The molecule has 178 valence electrons. The molecule has 0 bridgehead atoms. The van der Waals surface area contributed by atoms with Crippen LogP contribution in [0.25, 0.3) is 0 Å². The van der Waals surface area contributed by atoms with E-state index in [1.165, 1.54) is 12.1 Å². The molecule has 1 atom stereocenters. The summed E-state index contributed by atoms with van der Waals surface area (Å²) >= 11 is 0. The molecule has 0 spiro atoms. The molecule has 3 rings (SSSR count). The van der Waals surface area contributed by atoms with Crippen molar-refractivity contribution in [2.75, 3.05) is 45.9 Å². The minimum atomic E-state index is -3.76. The second-order valence-corrected chi connectivity index (χ2v) is 9.82. The van der Waals surface area contributed by atoms with Gasteiger partial charge in [0.05, 0.1) is 24.0 Å². The molecule has 2 heterocycles. The number of likely N-dealkylation sites (tertiary alicyclic amines) is 1. The minimum Gasteiger partial charge on any atom is -0.490 e. The molecule has 2 aliphatic rings. The van der Waals surface area contributed by atoms with Gasteiger partial charge in [-0.2, -0.15) is 0 Å². The molecular formula is C21H32N4O6S. The number of primary amides is 1. The highest BCUT2D eigenvalue weighted by molar-refractivity contribution is 7.89. The zero-order valence-corrected chi connectivity index (χ0v) is 19.0. The summed E-state index contributed by atoms with van der Waals surface area (Å²) < 4.78 is 38.5. The fourth-order valence-corrected chi connectivity index (χ4v) is 4.85. The van der Waals surface area contributed by atoms with Gasteiger partial charge in [-0.1, -0.05) is 0 Å². The monoisotopic (exact) mass is 468 g/mol. The molecule has 0 aliphatic carbocycles. The number of sulfonamides is 1. The van der Waals surface area contributed by atoms with Crippen molar-refractivity contribution in [2.45, 2.75) is 37.0 Å². The largest absolute Gasteiger partial charge is 0.490 e. The lowest BCUT2D eigenvalue weighted by atomic mass is 9.97. The van der Waals surface area contributed by atoms with Crippen LogP contribution >= 0.6 is 0 Å². The van der Waals surface area contributed by atoms with Gasteiger partial charge in [0.15, 0.2) is 11.5 Å². The van der Waals surface area contributed by atoms with Crippen LogP contribution in [-0.4, -0.2) is 71.1 Å². The van der Waals surface area contributed by atoms with E-state index in [-0.39, 0.29) is 35.6 Å². The average Bonchev–Trinajstić information content (AvgIpc) is 3.02. The first-order chi connectivity index (χ1) is 15.3. The van der Waals surface area contributed by atoms with Crippen molar-refractivity contribution in [3.8, 4) is 11.5 Å². The molecule has 0 radical (unpaired) electrons. The Morgan fingerprint density at radius 3 is 2.69 bits per heavy atom. The third-order valence-corrected chi connectivity index (χ3v) is 7.01. The lowest BCUT2D eigenvalue weighted by Gasteiger charge is -2.31. The van der Waals surface area contributed by atoms with E-state index in [0.29, 0.717) is 37.8 Å². The van der Waals surface area contributed by atoms with Crippen molar-refractivity contribution >= 4 is 21.8 Å². The molecule has 4 N–H and O–H groups in total. The molecule has 1 saturated heterocycles. The summed E-state index contributed by atoms with van der Waals surface area (Å²) in [6.07, 6.45) is 3.31. The van der Waals surface area contributed by atoms with E-state index in [4.69, 9.17) is 15.2 Å². The van der Waals surface area contributed by atoms with Gasteiger partial charge in [-0.3, -0.25) is 9.59 Å². The third kappa shape index (κ3) is 7.07. The lowest BCUT2D eigenvalue weighted by Crippen LogP contribution is -2.42. The first kappa shape index (κ1) is 24.3. The van der Waals surface area contributed by atoms with Gasteiger partial charge in [-0.05, 0) is 44.5 Å². The number of nitrogens with zero attached hydrogens (tertiary/aromatic N) is 1. The second kappa shape index (κ2) is 11.5. The first-order valence-corrected chi connectivity index (χ1v) is 12.5. The molecule has 1 aromatic rings. The highest BCUT2D eigenvalue weighted by atomic mass is 32.2. The predicted octanol–water partition coefficient (Wildman–Crippen LogP) is 0.220. The number of hydrogen-bond acceptors (Lipinski definition) is 7. The fourth-order valence-electron chi connectivity index (χ4n) is 3.80. The Morgan fingerprint density at radius 1 is 1.12 bits per heavy atom. The lowest BCUT2D eigenvalue weighted by molar-refractivity contribution is -0.123. The van der Waals surface area contributed by atoms with Crippen molar-refractivity contribution in [1.82, 2.24) is 14.9 Å². The van der Waals surface area contributed by atoms with Crippen LogP contribution in [0, 0.1) is 5.92 Å². The Morgan fingerprint density at radius 2 is 1.91 bits per heavy atom. The van der Waals surface area contributed by atoms with E-state index < -0.39 is 10.0 Å². The summed E-state index contributed by atoms with van der Waals surface area (Å²) in [5.41, 5.74) is 5.39. The molecule has 11 heteroatoms. The number of carbonyl (C=O) groups excluding carboxylic acids is 2. The molecule has 0 saturated carbocycles. The summed E-state index contributed by atoms with van der Waals surface area (Å²) in [6.45, 7) is 3.86. The van der Waals surface area contributed by atoms with E-state index in [1.807, 2.05) is 0 Å². The smallest absolute Gasteiger partial charge is 0.240 e. The zero-order chi connectivity index (χ0) is 23.0. The molecule has 1 fully saturated rings. The highest BCUT2D eigenvalue weighted by Gasteiger charge is 2.23. The van der Waals surface area contributed by atoms with Crippen molar-refractivity contribution in [3.05, 3.63) is 18.2 Å². The Bertz CT molecular complexity index is 908. The Hall–Kier alpha value is -2.37. The van der Waals surface area contributed by atoms with Gasteiger partial charge in [0, 0.05) is 38.5 Å². The molecule has 10 nitrogen and oxygen atoms in total. The zero-order valence-electron chi connectivity index (χ0n) is 18.2. The normalized spacial score (nSPS) is 19.2. The van der Waals surface area contributed by atoms with Gasteiger partial charge in [0.1, 0.15) is 0 Å². The van der Waals surface area contributed by atoms with Crippen molar-refractivity contribution in [1.29, 1.82) is 0 Å². The molecule has 32 heavy (non-hydrogen) atoms.